The van der Waals surface area contributed by atoms with Gasteiger partial charge in [0.05, 0.1) is 0 Å². The van der Waals surface area contributed by atoms with Crippen molar-refractivity contribution in [2.75, 3.05) is 6.61 Å². The van der Waals surface area contributed by atoms with Crippen molar-refractivity contribution in [1.29, 1.82) is 0 Å². The fourth-order valence-electron chi connectivity index (χ4n) is 3.62. The van der Waals surface area contributed by atoms with Gasteiger partial charge in [-0.25, -0.2) is 0 Å². The molecular formula is C23H22O12. The molecule has 0 bridgehead atoms. The molecule has 2 unspecified atom stereocenters. The third kappa shape index (κ3) is 4.86. The molecule has 12 nitrogen and oxygen atoms in total. The average molecular weight is 490 g/mol. The van der Waals surface area contributed by atoms with Crippen LogP contribution in [0.5, 0.6) is 23.0 Å². The molecule has 1 aliphatic rings. The van der Waals surface area contributed by atoms with Crippen LogP contribution in [0.15, 0.2) is 45.6 Å². The van der Waals surface area contributed by atoms with Gasteiger partial charge in [-0.05, 0) is 18.2 Å². The number of rotatable bonds is 5. The summed E-state index contributed by atoms with van der Waals surface area (Å²) in [5.41, 5.74) is -0.453. The molecule has 1 saturated heterocycles. The Morgan fingerprint density at radius 3 is 2.37 bits per heavy atom. The zero-order valence-corrected chi connectivity index (χ0v) is 18.2. The Balaban J connectivity index is 1.66. The predicted molar refractivity (Wildman–Crippen MR) is 117 cm³/mol. The largest absolute Gasteiger partial charge is 0.507 e. The second-order valence-corrected chi connectivity index (χ2v) is 7.93. The summed E-state index contributed by atoms with van der Waals surface area (Å²) in [6.45, 7) is 0.731. The maximum Gasteiger partial charge on any atom is 0.302 e. The Kier molecular flexibility index (Phi) is 6.54. The molecule has 0 saturated carbocycles. The van der Waals surface area contributed by atoms with Crippen molar-refractivity contribution < 1.29 is 54.1 Å². The van der Waals surface area contributed by atoms with E-state index in [2.05, 4.69) is 0 Å². The minimum absolute atomic E-state index is 0.0169. The first-order valence-electron chi connectivity index (χ1n) is 10.4. The van der Waals surface area contributed by atoms with E-state index in [1.807, 2.05) is 0 Å². The normalized spacial score (nSPS) is 24.3. The second-order valence-electron chi connectivity index (χ2n) is 7.93. The monoisotopic (exact) mass is 490 g/mol. The molecular weight excluding hydrogens is 468 g/mol. The SMILES string of the molecule is CC(=O)OCC1O[C@@H](Oc2cc(O)c3c(=O)cc(-c4ccc(O)c(O)c4)oc3c2)C(O)[C@@H](O)[C@@H]1O. The number of fused-ring (bicyclic) bond motifs is 1. The van der Waals surface area contributed by atoms with Crippen molar-refractivity contribution in [3.63, 3.8) is 0 Å². The lowest BCUT2D eigenvalue weighted by atomic mass is 9.99. The molecule has 4 rings (SSSR count). The first kappa shape index (κ1) is 24.3. The number of aromatic hydroxyl groups is 3. The van der Waals surface area contributed by atoms with Crippen LogP contribution in [0.2, 0.25) is 0 Å². The Bertz CT molecular complexity index is 1320. The maximum atomic E-state index is 12.6. The standard InChI is InChI=1S/C23H22O12/c1-9(24)32-8-18-20(29)21(30)22(31)23(35-18)33-11-5-14(27)19-15(28)7-16(34-17(19)6-11)10-2-3-12(25)13(26)4-10/h2-7,18,20-23,25-27,29-31H,8H2,1H3/t18?,20-,21+,22?,23-/m1/s1. The molecule has 0 spiro atoms. The quantitative estimate of drug-likeness (QED) is 0.212. The summed E-state index contributed by atoms with van der Waals surface area (Å²) in [7, 11) is 0. The van der Waals surface area contributed by atoms with E-state index in [-0.39, 0.29) is 33.8 Å². The first-order chi connectivity index (χ1) is 16.5. The number of ether oxygens (including phenoxy) is 3. The summed E-state index contributed by atoms with van der Waals surface area (Å²) in [6, 6.07) is 7.19. The molecule has 2 aromatic carbocycles. The van der Waals surface area contributed by atoms with Crippen LogP contribution in [-0.2, 0) is 14.3 Å². The van der Waals surface area contributed by atoms with Crippen LogP contribution in [0.4, 0.5) is 0 Å². The molecule has 186 valence electrons. The molecule has 2 heterocycles. The minimum Gasteiger partial charge on any atom is -0.507 e. The van der Waals surface area contributed by atoms with Crippen LogP contribution in [-0.4, -0.2) is 73.9 Å². The summed E-state index contributed by atoms with van der Waals surface area (Å²) in [6.07, 6.45) is -7.75. The fourth-order valence-corrected chi connectivity index (χ4v) is 3.62. The summed E-state index contributed by atoms with van der Waals surface area (Å²) >= 11 is 0. The van der Waals surface area contributed by atoms with Crippen molar-refractivity contribution in [3.8, 4) is 34.3 Å². The van der Waals surface area contributed by atoms with Gasteiger partial charge in [0.15, 0.2) is 16.9 Å². The number of phenols is 3. The molecule has 0 radical (unpaired) electrons. The topological polar surface area (TPSA) is 196 Å². The third-order valence-corrected chi connectivity index (χ3v) is 5.41. The van der Waals surface area contributed by atoms with Crippen molar-refractivity contribution >= 4 is 16.9 Å². The highest BCUT2D eigenvalue weighted by Crippen LogP contribution is 2.35. The van der Waals surface area contributed by atoms with E-state index in [0.29, 0.717) is 0 Å². The summed E-state index contributed by atoms with van der Waals surface area (Å²) in [5, 5.41) is 60.0. The van der Waals surface area contributed by atoms with Crippen molar-refractivity contribution in [2.24, 2.45) is 0 Å². The smallest absolute Gasteiger partial charge is 0.302 e. The number of carbonyl (C=O) groups is 1. The second kappa shape index (κ2) is 9.43. The molecule has 35 heavy (non-hydrogen) atoms. The maximum absolute atomic E-state index is 12.6. The van der Waals surface area contributed by atoms with Gasteiger partial charge in [0, 0.05) is 30.7 Å². The number of phenolic OH excluding ortho intramolecular Hbond substituents is 3. The van der Waals surface area contributed by atoms with Gasteiger partial charge in [0.25, 0.3) is 0 Å². The van der Waals surface area contributed by atoms with Crippen LogP contribution >= 0.6 is 0 Å². The van der Waals surface area contributed by atoms with Crippen LogP contribution in [0.3, 0.4) is 0 Å². The van der Waals surface area contributed by atoms with Gasteiger partial charge < -0.3 is 49.3 Å². The number of carbonyl (C=O) groups excluding carboxylic acids is 1. The highest BCUT2D eigenvalue weighted by atomic mass is 16.7. The highest BCUT2D eigenvalue weighted by molar-refractivity contribution is 5.86. The van der Waals surface area contributed by atoms with Crippen molar-refractivity contribution in [1.82, 2.24) is 0 Å². The number of aliphatic hydroxyl groups is 3. The van der Waals surface area contributed by atoms with E-state index >= 15 is 0 Å². The summed E-state index contributed by atoms with van der Waals surface area (Å²) in [5.74, 6) is -2.06. The van der Waals surface area contributed by atoms with Crippen LogP contribution in [0, 0.1) is 0 Å². The molecule has 0 amide bonds. The fraction of sp³-hybridized carbons (Fsp3) is 0.304. The molecule has 0 aliphatic carbocycles. The van der Waals surface area contributed by atoms with E-state index in [1.54, 1.807) is 0 Å². The lowest BCUT2D eigenvalue weighted by Gasteiger charge is -2.39. The van der Waals surface area contributed by atoms with E-state index in [0.717, 1.165) is 19.1 Å². The van der Waals surface area contributed by atoms with Gasteiger partial charge in [-0.3, -0.25) is 9.59 Å². The van der Waals surface area contributed by atoms with Gasteiger partial charge in [-0.15, -0.1) is 0 Å². The molecule has 6 N–H and O–H groups in total. The highest BCUT2D eigenvalue weighted by Gasteiger charge is 2.45. The van der Waals surface area contributed by atoms with Gasteiger partial charge >= 0.3 is 5.97 Å². The third-order valence-electron chi connectivity index (χ3n) is 5.41. The Morgan fingerprint density at radius 2 is 1.69 bits per heavy atom. The Hall–Kier alpha value is -3.84. The van der Waals surface area contributed by atoms with E-state index in [1.165, 1.54) is 24.3 Å². The number of benzene rings is 2. The number of hydrogen-bond donors (Lipinski definition) is 6. The molecule has 1 aromatic heterocycles. The molecule has 1 aliphatic heterocycles. The Labute approximate surface area is 196 Å². The van der Waals surface area contributed by atoms with Crippen molar-refractivity contribution in [3.05, 3.63) is 46.6 Å². The Morgan fingerprint density at radius 1 is 0.943 bits per heavy atom. The van der Waals surface area contributed by atoms with Gasteiger partial charge in [-0.1, -0.05) is 0 Å². The van der Waals surface area contributed by atoms with Crippen LogP contribution in [0.25, 0.3) is 22.3 Å². The molecule has 5 atom stereocenters. The van der Waals surface area contributed by atoms with Crippen LogP contribution in [0.1, 0.15) is 6.92 Å². The number of esters is 1. The summed E-state index contributed by atoms with van der Waals surface area (Å²) < 4.78 is 21.5. The predicted octanol–water partition coefficient (Wildman–Crippen LogP) is 0.326. The van der Waals surface area contributed by atoms with E-state index in [4.69, 9.17) is 18.6 Å². The van der Waals surface area contributed by atoms with Crippen LogP contribution < -0.4 is 10.2 Å². The molecule has 3 aromatic rings. The average Bonchev–Trinajstić information content (AvgIpc) is 2.79. The molecule has 12 heteroatoms. The zero-order chi connectivity index (χ0) is 25.4. The van der Waals surface area contributed by atoms with Crippen molar-refractivity contribution in [2.45, 2.75) is 37.6 Å². The zero-order valence-electron chi connectivity index (χ0n) is 18.2. The lowest BCUT2D eigenvalue weighted by Crippen LogP contribution is -2.60. The van der Waals surface area contributed by atoms with Gasteiger partial charge in [-0.2, -0.15) is 0 Å². The summed E-state index contributed by atoms with van der Waals surface area (Å²) in [4.78, 5) is 23.7. The van der Waals surface area contributed by atoms with Gasteiger partial charge in [0.1, 0.15) is 59.3 Å². The number of aliphatic hydroxyl groups excluding tert-OH is 3. The first-order valence-corrected chi connectivity index (χ1v) is 10.4. The van der Waals surface area contributed by atoms with E-state index < -0.39 is 60.2 Å². The minimum atomic E-state index is -1.71. The number of hydrogen-bond acceptors (Lipinski definition) is 12. The lowest BCUT2D eigenvalue weighted by molar-refractivity contribution is -0.278. The molecule has 1 fully saturated rings. The van der Waals surface area contributed by atoms with Gasteiger partial charge in [0.2, 0.25) is 6.29 Å². The van der Waals surface area contributed by atoms with E-state index in [9.17, 15) is 40.2 Å².